The van der Waals surface area contributed by atoms with Gasteiger partial charge in [-0.05, 0) is 55.6 Å². The van der Waals surface area contributed by atoms with Gasteiger partial charge in [-0.3, -0.25) is 14.3 Å². The fourth-order valence-electron chi connectivity index (χ4n) is 4.56. The fourth-order valence-corrected chi connectivity index (χ4v) is 5.50. The summed E-state index contributed by atoms with van der Waals surface area (Å²) < 4.78 is 23.2. The van der Waals surface area contributed by atoms with E-state index in [1.54, 1.807) is 35.2 Å². The molecule has 174 valence electrons. The van der Waals surface area contributed by atoms with Crippen LogP contribution in [-0.4, -0.2) is 53.7 Å². The number of aromatic nitrogens is 6. The Bertz CT molecular complexity index is 1530. The molecule has 5 aromatic rings. The van der Waals surface area contributed by atoms with Crippen LogP contribution in [0.15, 0.2) is 46.1 Å². The Morgan fingerprint density at radius 3 is 2.79 bits per heavy atom. The summed E-state index contributed by atoms with van der Waals surface area (Å²) in [6.07, 6.45) is 6.19. The van der Waals surface area contributed by atoms with Crippen molar-refractivity contribution in [1.29, 1.82) is 0 Å². The number of fused-ring (bicyclic) bond motifs is 3. The molecule has 0 aromatic carbocycles. The number of nitrogens with zero attached hydrogens (tertiary/aromatic N) is 7. The summed E-state index contributed by atoms with van der Waals surface area (Å²) in [7, 11) is 0. The predicted molar refractivity (Wildman–Crippen MR) is 125 cm³/mol. The summed E-state index contributed by atoms with van der Waals surface area (Å²) in [4.78, 5) is 27.8. The molecule has 34 heavy (non-hydrogen) atoms. The normalized spacial score (nSPS) is 15.6. The molecule has 0 atom stereocenters. The van der Waals surface area contributed by atoms with Crippen LogP contribution >= 0.6 is 11.3 Å². The number of likely N-dealkylation sites (tertiary alicyclic amines) is 1. The van der Waals surface area contributed by atoms with Gasteiger partial charge in [-0.25, -0.2) is 9.37 Å². The second-order valence-corrected chi connectivity index (χ2v) is 9.27. The summed E-state index contributed by atoms with van der Waals surface area (Å²) in [5.41, 5.74) is 7.88. The quantitative estimate of drug-likeness (QED) is 0.408. The number of thiazole rings is 1. The molecule has 0 spiro atoms. The van der Waals surface area contributed by atoms with Crippen molar-refractivity contribution < 1.29 is 8.81 Å². The zero-order chi connectivity index (χ0) is 23.2. The number of pyridine rings is 1. The standard InChI is InChI=1S/C22H21FN8O2S/c23-15-12-25-6-3-14(15)13-4-7-29(8-5-13)9-10-30-19-17(34-22(30)32)20-26-18(16-2-1-11-33-16)28-31(20)21(24)27-19/h1-3,6,11-13H,4-5,7-10H2,(H2,24,27). The van der Waals surface area contributed by atoms with Crippen molar-refractivity contribution in [2.45, 2.75) is 25.3 Å². The molecule has 1 saturated heterocycles. The number of rotatable bonds is 5. The summed E-state index contributed by atoms with van der Waals surface area (Å²) in [6.45, 7) is 2.84. The zero-order valence-corrected chi connectivity index (χ0v) is 18.9. The van der Waals surface area contributed by atoms with Crippen molar-refractivity contribution in [2.24, 2.45) is 0 Å². The van der Waals surface area contributed by atoms with Gasteiger partial charge < -0.3 is 15.1 Å². The topological polar surface area (TPSA) is 120 Å². The molecule has 6 rings (SSSR count). The number of halogens is 1. The first-order chi connectivity index (χ1) is 16.6. The molecule has 2 N–H and O–H groups in total. The summed E-state index contributed by atoms with van der Waals surface area (Å²) in [6, 6.07) is 5.28. The first-order valence-corrected chi connectivity index (χ1v) is 11.8. The van der Waals surface area contributed by atoms with E-state index in [1.807, 2.05) is 0 Å². The van der Waals surface area contributed by atoms with E-state index in [-0.39, 0.29) is 22.6 Å². The lowest BCUT2D eigenvalue weighted by Gasteiger charge is -2.32. The van der Waals surface area contributed by atoms with E-state index in [1.165, 1.54) is 10.7 Å². The molecule has 5 aromatic heterocycles. The first-order valence-electron chi connectivity index (χ1n) is 11.0. The van der Waals surface area contributed by atoms with Gasteiger partial charge in [0.25, 0.3) is 0 Å². The van der Waals surface area contributed by atoms with Gasteiger partial charge in [-0.2, -0.15) is 9.50 Å². The number of furan rings is 1. The smallest absolute Gasteiger partial charge is 0.309 e. The second kappa shape index (κ2) is 8.29. The first kappa shape index (κ1) is 20.9. The maximum Gasteiger partial charge on any atom is 0.309 e. The maximum absolute atomic E-state index is 14.1. The summed E-state index contributed by atoms with van der Waals surface area (Å²) in [5.74, 6) is 0.996. The molecular formula is C22H21FN8O2S. The van der Waals surface area contributed by atoms with Crippen molar-refractivity contribution in [3.63, 3.8) is 0 Å². The van der Waals surface area contributed by atoms with E-state index < -0.39 is 0 Å². The van der Waals surface area contributed by atoms with E-state index in [4.69, 9.17) is 10.2 Å². The Balaban J connectivity index is 1.22. The number of nitrogens with two attached hydrogens (primary N) is 1. The van der Waals surface area contributed by atoms with Crippen molar-refractivity contribution in [2.75, 3.05) is 25.4 Å². The minimum Gasteiger partial charge on any atom is -0.461 e. The highest BCUT2D eigenvalue weighted by atomic mass is 32.1. The molecule has 1 fully saturated rings. The van der Waals surface area contributed by atoms with Crippen LogP contribution in [0.3, 0.4) is 0 Å². The van der Waals surface area contributed by atoms with Crippen molar-refractivity contribution in [3.8, 4) is 11.6 Å². The van der Waals surface area contributed by atoms with Crippen LogP contribution in [-0.2, 0) is 6.54 Å². The van der Waals surface area contributed by atoms with Gasteiger partial charge in [0, 0.05) is 19.3 Å². The van der Waals surface area contributed by atoms with E-state index in [0.717, 1.165) is 42.8 Å². The largest absolute Gasteiger partial charge is 0.461 e. The molecule has 0 saturated carbocycles. The lowest BCUT2D eigenvalue weighted by atomic mass is 9.90. The number of hydrogen-bond donors (Lipinski definition) is 1. The van der Waals surface area contributed by atoms with Crippen LogP contribution in [0, 0.1) is 5.82 Å². The van der Waals surface area contributed by atoms with E-state index >= 15 is 0 Å². The molecule has 1 aliphatic heterocycles. The van der Waals surface area contributed by atoms with Gasteiger partial charge in [0.05, 0.1) is 12.5 Å². The van der Waals surface area contributed by atoms with Crippen LogP contribution in [0.5, 0.6) is 0 Å². The van der Waals surface area contributed by atoms with Crippen LogP contribution < -0.4 is 10.6 Å². The van der Waals surface area contributed by atoms with Crippen molar-refractivity contribution in [3.05, 3.63) is 57.9 Å². The third-order valence-corrected chi connectivity index (χ3v) is 7.29. The highest BCUT2D eigenvalue weighted by molar-refractivity contribution is 7.17. The highest BCUT2D eigenvalue weighted by Gasteiger charge is 2.24. The average Bonchev–Trinajstić information content (AvgIpc) is 3.58. The van der Waals surface area contributed by atoms with Gasteiger partial charge >= 0.3 is 4.87 Å². The summed E-state index contributed by atoms with van der Waals surface area (Å²) in [5, 5.41) is 4.38. The van der Waals surface area contributed by atoms with Gasteiger partial charge in [0.1, 0.15) is 10.5 Å². The fraction of sp³-hybridized carbons (Fsp3) is 0.318. The lowest BCUT2D eigenvalue weighted by Crippen LogP contribution is -2.36. The zero-order valence-electron chi connectivity index (χ0n) is 18.1. The molecule has 12 heteroatoms. The van der Waals surface area contributed by atoms with Gasteiger partial charge in [0.15, 0.2) is 17.1 Å². The highest BCUT2D eigenvalue weighted by Crippen LogP contribution is 2.30. The Labute approximate surface area is 196 Å². The average molecular weight is 481 g/mol. The lowest BCUT2D eigenvalue weighted by molar-refractivity contribution is 0.204. The Hall–Kier alpha value is -3.64. The number of piperidine rings is 1. The molecular weight excluding hydrogens is 459 g/mol. The molecule has 0 amide bonds. The van der Waals surface area contributed by atoms with Crippen molar-refractivity contribution in [1.82, 2.24) is 34.0 Å². The Morgan fingerprint density at radius 1 is 1.18 bits per heavy atom. The third kappa shape index (κ3) is 3.55. The Kier molecular flexibility index (Phi) is 5.11. The van der Waals surface area contributed by atoms with E-state index in [9.17, 15) is 9.18 Å². The molecule has 0 aliphatic carbocycles. The number of anilines is 1. The van der Waals surface area contributed by atoms with Gasteiger partial charge in [-0.1, -0.05) is 11.3 Å². The van der Waals surface area contributed by atoms with E-state index in [2.05, 4.69) is 25.0 Å². The SMILES string of the molecule is Nc1nc2c(sc(=O)n2CCN2CCC(c3ccncc3F)CC2)c2nc(-c3ccco3)nn12. The minimum atomic E-state index is -0.240. The summed E-state index contributed by atoms with van der Waals surface area (Å²) >= 11 is 1.08. The monoisotopic (exact) mass is 480 g/mol. The minimum absolute atomic E-state index is 0.119. The molecule has 6 heterocycles. The molecule has 0 unspecified atom stereocenters. The number of nitrogen functional groups attached to an aromatic ring is 1. The van der Waals surface area contributed by atoms with Crippen LogP contribution in [0.25, 0.3) is 27.6 Å². The third-order valence-electron chi connectivity index (χ3n) is 6.33. The Morgan fingerprint density at radius 2 is 2.03 bits per heavy atom. The predicted octanol–water partition coefficient (Wildman–Crippen LogP) is 2.76. The maximum atomic E-state index is 14.1. The molecule has 1 aliphatic rings. The molecule has 10 nitrogen and oxygen atoms in total. The van der Waals surface area contributed by atoms with E-state index in [0.29, 0.717) is 40.7 Å². The van der Waals surface area contributed by atoms with Crippen LogP contribution in [0.2, 0.25) is 0 Å². The van der Waals surface area contributed by atoms with Gasteiger partial charge in [0.2, 0.25) is 11.8 Å². The second-order valence-electron chi connectivity index (χ2n) is 8.30. The molecule has 0 bridgehead atoms. The van der Waals surface area contributed by atoms with Gasteiger partial charge in [-0.15, -0.1) is 5.10 Å². The van der Waals surface area contributed by atoms with Crippen molar-refractivity contribution >= 4 is 33.3 Å². The van der Waals surface area contributed by atoms with Crippen LogP contribution in [0.4, 0.5) is 10.3 Å². The number of hydrogen-bond acceptors (Lipinski definition) is 9. The van der Waals surface area contributed by atoms with Crippen LogP contribution in [0.1, 0.15) is 24.3 Å². The molecule has 0 radical (unpaired) electrons.